The van der Waals surface area contributed by atoms with Crippen LogP contribution in [0.25, 0.3) is 0 Å². The minimum atomic E-state index is -3.37. The standard InChI is InChI=1S/C16H26N2O2S/c1-5-17-16-8-9-18(11-14(16)4)21(19,20)15-7-6-12(2)13(3)10-15/h6-7,10,14,16-17H,5,8-9,11H2,1-4H3. The van der Waals surface area contributed by atoms with Crippen LogP contribution < -0.4 is 5.32 Å². The molecule has 118 valence electrons. The van der Waals surface area contributed by atoms with Crippen LogP contribution in [0.15, 0.2) is 23.1 Å². The molecule has 0 bridgehead atoms. The highest BCUT2D eigenvalue weighted by Gasteiger charge is 2.33. The van der Waals surface area contributed by atoms with Crippen molar-refractivity contribution in [3.8, 4) is 0 Å². The van der Waals surface area contributed by atoms with E-state index in [2.05, 4.69) is 19.2 Å². The van der Waals surface area contributed by atoms with Gasteiger partial charge in [-0.15, -0.1) is 0 Å². The minimum absolute atomic E-state index is 0.333. The van der Waals surface area contributed by atoms with Crippen LogP contribution in [-0.2, 0) is 10.0 Å². The van der Waals surface area contributed by atoms with Crippen molar-refractivity contribution in [1.82, 2.24) is 9.62 Å². The van der Waals surface area contributed by atoms with Gasteiger partial charge in [-0.3, -0.25) is 0 Å². The molecule has 1 aromatic carbocycles. The number of piperidine rings is 1. The van der Waals surface area contributed by atoms with E-state index in [0.717, 1.165) is 24.1 Å². The third-order valence-electron chi connectivity index (χ3n) is 4.45. The third-order valence-corrected chi connectivity index (χ3v) is 6.31. The van der Waals surface area contributed by atoms with E-state index < -0.39 is 10.0 Å². The quantitative estimate of drug-likeness (QED) is 0.928. The highest BCUT2D eigenvalue weighted by atomic mass is 32.2. The lowest BCUT2D eigenvalue weighted by atomic mass is 9.95. The molecule has 1 saturated heterocycles. The molecule has 0 aliphatic carbocycles. The molecular weight excluding hydrogens is 284 g/mol. The number of aryl methyl sites for hydroxylation is 2. The molecule has 1 heterocycles. The maximum absolute atomic E-state index is 12.8. The van der Waals surface area contributed by atoms with E-state index in [1.807, 2.05) is 19.9 Å². The van der Waals surface area contributed by atoms with Gasteiger partial charge in [0, 0.05) is 19.1 Å². The fourth-order valence-corrected chi connectivity index (χ4v) is 4.56. The molecule has 2 unspecified atom stereocenters. The zero-order valence-corrected chi connectivity index (χ0v) is 14.2. The van der Waals surface area contributed by atoms with Crippen molar-refractivity contribution in [2.24, 2.45) is 5.92 Å². The largest absolute Gasteiger partial charge is 0.314 e. The first-order chi connectivity index (χ1) is 9.86. The Hall–Kier alpha value is -0.910. The second kappa shape index (κ2) is 6.46. The normalized spacial score (nSPS) is 24.2. The van der Waals surface area contributed by atoms with Gasteiger partial charge in [-0.1, -0.05) is 19.9 Å². The smallest absolute Gasteiger partial charge is 0.243 e. The van der Waals surface area contributed by atoms with Gasteiger partial charge in [-0.25, -0.2) is 8.42 Å². The van der Waals surface area contributed by atoms with Gasteiger partial charge >= 0.3 is 0 Å². The van der Waals surface area contributed by atoms with Gasteiger partial charge in [-0.2, -0.15) is 4.31 Å². The Morgan fingerprint density at radius 3 is 2.57 bits per heavy atom. The van der Waals surface area contributed by atoms with Crippen molar-refractivity contribution in [1.29, 1.82) is 0 Å². The van der Waals surface area contributed by atoms with Crippen LogP contribution in [-0.4, -0.2) is 38.4 Å². The molecule has 0 saturated carbocycles. The lowest BCUT2D eigenvalue weighted by molar-refractivity contribution is 0.222. The summed E-state index contributed by atoms with van der Waals surface area (Å²) < 4.78 is 27.2. The molecule has 1 aromatic rings. The molecule has 2 atom stereocenters. The zero-order chi connectivity index (χ0) is 15.6. The molecule has 5 heteroatoms. The van der Waals surface area contributed by atoms with E-state index in [4.69, 9.17) is 0 Å². The Morgan fingerprint density at radius 2 is 2.00 bits per heavy atom. The topological polar surface area (TPSA) is 49.4 Å². The summed E-state index contributed by atoms with van der Waals surface area (Å²) in [5.74, 6) is 0.333. The number of hydrogen-bond acceptors (Lipinski definition) is 3. The monoisotopic (exact) mass is 310 g/mol. The predicted octanol–water partition coefficient (Wildman–Crippen LogP) is 2.31. The van der Waals surface area contributed by atoms with Crippen LogP contribution in [0.5, 0.6) is 0 Å². The number of nitrogens with zero attached hydrogens (tertiary/aromatic N) is 1. The van der Waals surface area contributed by atoms with E-state index in [0.29, 0.717) is 29.9 Å². The van der Waals surface area contributed by atoms with Crippen LogP contribution in [0.3, 0.4) is 0 Å². The molecule has 0 radical (unpaired) electrons. The summed E-state index contributed by atoms with van der Waals surface area (Å²) in [6.45, 7) is 10.3. The van der Waals surface area contributed by atoms with Crippen LogP contribution in [0.1, 0.15) is 31.4 Å². The summed E-state index contributed by atoms with van der Waals surface area (Å²) in [5, 5.41) is 3.44. The third kappa shape index (κ3) is 3.47. The Kier molecular flexibility index (Phi) is 5.07. The van der Waals surface area contributed by atoms with Crippen molar-refractivity contribution >= 4 is 10.0 Å². The van der Waals surface area contributed by atoms with Crippen molar-refractivity contribution in [2.75, 3.05) is 19.6 Å². The molecule has 1 fully saturated rings. The SMILES string of the molecule is CCNC1CCN(S(=O)(=O)c2ccc(C)c(C)c2)CC1C. The van der Waals surface area contributed by atoms with Gasteiger partial charge in [0.1, 0.15) is 0 Å². The van der Waals surface area contributed by atoms with Crippen LogP contribution >= 0.6 is 0 Å². The Labute approximate surface area is 128 Å². The second-order valence-electron chi connectivity index (χ2n) is 6.04. The summed E-state index contributed by atoms with van der Waals surface area (Å²) in [4.78, 5) is 0.416. The van der Waals surface area contributed by atoms with Gasteiger partial charge in [0.15, 0.2) is 0 Å². The summed E-state index contributed by atoms with van der Waals surface area (Å²) in [6.07, 6.45) is 0.874. The molecular formula is C16H26N2O2S. The molecule has 4 nitrogen and oxygen atoms in total. The average Bonchev–Trinajstić information content (AvgIpc) is 2.44. The Bertz CT molecular complexity index is 598. The molecule has 0 aromatic heterocycles. The predicted molar refractivity (Wildman–Crippen MR) is 85.9 cm³/mol. The van der Waals surface area contributed by atoms with Gasteiger partial charge in [0.05, 0.1) is 4.90 Å². The summed E-state index contributed by atoms with van der Waals surface area (Å²) >= 11 is 0. The average molecular weight is 310 g/mol. The summed E-state index contributed by atoms with van der Waals surface area (Å²) in [7, 11) is -3.37. The number of nitrogens with one attached hydrogen (secondary N) is 1. The van der Waals surface area contributed by atoms with Crippen LogP contribution in [0.4, 0.5) is 0 Å². The highest BCUT2D eigenvalue weighted by molar-refractivity contribution is 7.89. The van der Waals surface area contributed by atoms with E-state index in [1.165, 1.54) is 0 Å². The van der Waals surface area contributed by atoms with Crippen LogP contribution in [0.2, 0.25) is 0 Å². The first-order valence-corrected chi connectivity index (χ1v) is 9.11. The first-order valence-electron chi connectivity index (χ1n) is 7.67. The van der Waals surface area contributed by atoms with Crippen molar-refractivity contribution in [2.45, 2.75) is 45.1 Å². The van der Waals surface area contributed by atoms with Crippen molar-refractivity contribution in [3.63, 3.8) is 0 Å². The first kappa shape index (κ1) is 16.5. The zero-order valence-electron chi connectivity index (χ0n) is 13.4. The maximum atomic E-state index is 12.8. The second-order valence-corrected chi connectivity index (χ2v) is 7.98. The Balaban J connectivity index is 2.19. The fourth-order valence-electron chi connectivity index (χ4n) is 2.91. The molecule has 1 aliphatic heterocycles. The van der Waals surface area contributed by atoms with E-state index in [-0.39, 0.29) is 0 Å². The van der Waals surface area contributed by atoms with Gasteiger partial charge in [0.2, 0.25) is 10.0 Å². The van der Waals surface area contributed by atoms with Crippen LogP contribution in [0, 0.1) is 19.8 Å². The number of benzene rings is 1. The van der Waals surface area contributed by atoms with E-state index in [9.17, 15) is 8.42 Å². The van der Waals surface area contributed by atoms with Gasteiger partial charge < -0.3 is 5.32 Å². The minimum Gasteiger partial charge on any atom is -0.314 e. The fraction of sp³-hybridized carbons (Fsp3) is 0.625. The maximum Gasteiger partial charge on any atom is 0.243 e. The summed E-state index contributed by atoms with van der Waals surface area (Å²) in [6, 6.07) is 5.81. The van der Waals surface area contributed by atoms with E-state index >= 15 is 0 Å². The molecule has 1 aliphatic rings. The van der Waals surface area contributed by atoms with Gasteiger partial charge in [-0.05, 0) is 56.0 Å². The molecule has 0 spiro atoms. The molecule has 0 amide bonds. The van der Waals surface area contributed by atoms with Gasteiger partial charge in [0.25, 0.3) is 0 Å². The number of sulfonamides is 1. The molecule has 1 N–H and O–H groups in total. The Morgan fingerprint density at radius 1 is 1.29 bits per heavy atom. The molecule has 2 rings (SSSR count). The highest BCUT2D eigenvalue weighted by Crippen LogP contribution is 2.25. The number of hydrogen-bond donors (Lipinski definition) is 1. The summed E-state index contributed by atoms with van der Waals surface area (Å²) in [5.41, 5.74) is 2.14. The lowest BCUT2D eigenvalue weighted by Gasteiger charge is -2.36. The lowest BCUT2D eigenvalue weighted by Crippen LogP contribution is -2.49. The van der Waals surface area contributed by atoms with Crippen molar-refractivity contribution in [3.05, 3.63) is 29.3 Å². The van der Waals surface area contributed by atoms with Crippen molar-refractivity contribution < 1.29 is 8.42 Å². The number of rotatable bonds is 4. The molecule has 21 heavy (non-hydrogen) atoms. The van der Waals surface area contributed by atoms with E-state index in [1.54, 1.807) is 16.4 Å².